The Kier molecular flexibility index (Phi) is 10.2. The van der Waals surface area contributed by atoms with E-state index in [-0.39, 0.29) is 40.6 Å². The maximum atomic E-state index is 14.2. The number of benzene rings is 1. The molecule has 0 radical (unpaired) electrons. The van der Waals surface area contributed by atoms with Crippen molar-refractivity contribution in [2.24, 2.45) is 4.99 Å². The van der Waals surface area contributed by atoms with E-state index in [9.17, 15) is 8.60 Å². The van der Waals surface area contributed by atoms with Gasteiger partial charge in [0, 0.05) is 54.0 Å². The first-order valence-corrected chi connectivity index (χ1v) is 10.9. The van der Waals surface area contributed by atoms with E-state index in [2.05, 4.69) is 20.5 Å². The first kappa shape index (κ1) is 25.1. The third-order valence-electron chi connectivity index (χ3n) is 4.69. The predicted molar refractivity (Wildman–Crippen MR) is 129 cm³/mol. The lowest BCUT2D eigenvalue weighted by Gasteiger charge is -2.35. The van der Waals surface area contributed by atoms with Gasteiger partial charge in [-0.05, 0) is 58.2 Å². The summed E-state index contributed by atoms with van der Waals surface area (Å²) < 4.78 is 26.2. The van der Waals surface area contributed by atoms with Crippen LogP contribution in [0.2, 0.25) is 0 Å². The van der Waals surface area contributed by atoms with Gasteiger partial charge in [-0.3, -0.25) is 9.20 Å². The monoisotopic (exact) mass is 524 g/mol. The van der Waals surface area contributed by atoms with Gasteiger partial charge >= 0.3 is 0 Å². The number of guanidine groups is 1. The zero-order valence-corrected chi connectivity index (χ0v) is 20.7. The molecule has 0 saturated carbocycles. The maximum absolute atomic E-state index is 14.2. The highest BCUT2D eigenvalue weighted by Gasteiger charge is 2.23. The number of hydrogen-bond acceptors (Lipinski definition) is 3. The lowest BCUT2D eigenvalue weighted by atomic mass is 10.0. The number of halogens is 2. The number of aliphatic imine (C=N–C) groups is 1. The van der Waals surface area contributed by atoms with E-state index in [1.54, 1.807) is 13.1 Å². The predicted octanol–water partition coefficient (Wildman–Crippen LogP) is 3.43. The molecule has 8 heteroatoms. The second kappa shape index (κ2) is 11.3. The number of hydrogen-bond donors (Lipinski definition) is 2. The van der Waals surface area contributed by atoms with Crippen LogP contribution in [0.25, 0.3) is 0 Å². The van der Waals surface area contributed by atoms with Gasteiger partial charge in [-0.2, -0.15) is 0 Å². The molecule has 1 aliphatic rings. The molecule has 0 aromatic heterocycles. The van der Waals surface area contributed by atoms with Gasteiger partial charge in [0.2, 0.25) is 0 Å². The first-order valence-electron chi connectivity index (χ1n) is 9.57. The second-order valence-corrected chi connectivity index (χ2v) is 10.4. The maximum Gasteiger partial charge on any atom is 0.191 e. The van der Waals surface area contributed by atoms with Crippen LogP contribution in [-0.4, -0.2) is 53.4 Å². The van der Waals surface area contributed by atoms with E-state index in [1.165, 1.54) is 6.07 Å². The van der Waals surface area contributed by atoms with Gasteiger partial charge in [0.1, 0.15) is 5.82 Å². The molecule has 2 unspecified atom stereocenters. The van der Waals surface area contributed by atoms with Gasteiger partial charge in [-0.15, -0.1) is 24.0 Å². The van der Waals surface area contributed by atoms with E-state index in [4.69, 9.17) is 0 Å². The molecule has 1 heterocycles. The fourth-order valence-electron chi connectivity index (χ4n) is 3.14. The Hall–Kier alpha value is -0.900. The smallest absolute Gasteiger partial charge is 0.191 e. The quantitative estimate of drug-likeness (QED) is 0.352. The fraction of sp³-hybridized carbons (Fsp3) is 0.650. The van der Waals surface area contributed by atoms with Crippen LogP contribution < -0.4 is 15.5 Å². The lowest BCUT2D eigenvalue weighted by molar-refractivity contribution is 0.463. The average Bonchev–Trinajstić information content (AvgIpc) is 2.62. The standard InChI is InChI=1S/C20H33FN4OS.HI/c1-15-8-9-17(21)18(13-15)25-11-6-7-16(14-25)24-19(22-5)23-10-12-27(26)20(2,3)4;/h8-9,13,16H,6-7,10-12,14H2,1-5H3,(H2,22,23,24);1H. The fourth-order valence-corrected chi connectivity index (χ4v) is 4.03. The van der Waals surface area contributed by atoms with Gasteiger partial charge in [-0.25, -0.2) is 4.39 Å². The Bertz CT molecular complexity index is 693. The molecular weight excluding hydrogens is 490 g/mol. The molecule has 0 amide bonds. The van der Waals surface area contributed by atoms with Crippen LogP contribution in [-0.2, 0) is 10.8 Å². The number of aryl methyl sites for hydroxylation is 1. The molecule has 2 atom stereocenters. The molecule has 1 saturated heterocycles. The summed E-state index contributed by atoms with van der Waals surface area (Å²) in [5, 5.41) is 6.68. The molecule has 2 N–H and O–H groups in total. The molecule has 5 nitrogen and oxygen atoms in total. The topological polar surface area (TPSA) is 56.7 Å². The highest BCUT2D eigenvalue weighted by molar-refractivity contribution is 14.0. The van der Waals surface area contributed by atoms with Crippen molar-refractivity contribution in [1.82, 2.24) is 10.6 Å². The SMILES string of the molecule is CN=C(NCCS(=O)C(C)(C)C)NC1CCCN(c2cc(C)ccc2F)C1.I. The number of nitrogens with one attached hydrogen (secondary N) is 2. The van der Waals surface area contributed by atoms with Gasteiger partial charge < -0.3 is 15.5 Å². The van der Waals surface area contributed by atoms with E-state index in [1.807, 2.05) is 33.8 Å². The van der Waals surface area contributed by atoms with Crippen molar-refractivity contribution in [3.63, 3.8) is 0 Å². The zero-order valence-electron chi connectivity index (χ0n) is 17.5. The Balaban J connectivity index is 0.00000392. The molecular formula is C20H34FIN4OS. The Morgan fingerprint density at radius 2 is 2.11 bits per heavy atom. The molecule has 1 fully saturated rings. The summed E-state index contributed by atoms with van der Waals surface area (Å²) in [5.41, 5.74) is 1.73. The summed E-state index contributed by atoms with van der Waals surface area (Å²) >= 11 is 0. The number of piperidine rings is 1. The molecule has 0 aliphatic carbocycles. The second-order valence-electron chi connectivity index (χ2n) is 8.05. The third kappa shape index (κ3) is 7.50. The summed E-state index contributed by atoms with van der Waals surface area (Å²) in [6.45, 7) is 10.1. The Labute approximate surface area is 188 Å². The van der Waals surface area contributed by atoms with Crippen LogP contribution in [0.4, 0.5) is 10.1 Å². The highest BCUT2D eigenvalue weighted by atomic mass is 127. The van der Waals surface area contributed by atoms with Crippen LogP contribution in [0.1, 0.15) is 39.2 Å². The van der Waals surface area contributed by atoms with Gasteiger partial charge in [-0.1, -0.05) is 6.07 Å². The van der Waals surface area contributed by atoms with E-state index in [0.29, 0.717) is 23.9 Å². The minimum absolute atomic E-state index is 0. The van der Waals surface area contributed by atoms with Crippen LogP contribution in [0.5, 0.6) is 0 Å². The van der Waals surface area contributed by atoms with Crippen molar-refractivity contribution in [3.8, 4) is 0 Å². The van der Waals surface area contributed by atoms with Crippen LogP contribution in [0.15, 0.2) is 23.2 Å². The molecule has 1 aromatic carbocycles. The summed E-state index contributed by atoms with van der Waals surface area (Å²) in [4.78, 5) is 6.38. The largest absolute Gasteiger partial charge is 0.367 e. The molecule has 0 bridgehead atoms. The van der Waals surface area contributed by atoms with Gasteiger partial charge in [0.15, 0.2) is 5.96 Å². The molecule has 160 valence electrons. The average molecular weight is 524 g/mol. The van der Waals surface area contributed by atoms with Crippen molar-refractivity contribution >= 4 is 46.4 Å². The molecule has 1 aromatic rings. The number of nitrogens with zero attached hydrogens (tertiary/aromatic N) is 2. The summed E-state index contributed by atoms with van der Waals surface area (Å²) in [6, 6.07) is 5.44. The molecule has 1 aliphatic heterocycles. The van der Waals surface area contributed by atoms with Crippen molar-refractivity contribution in [2.45, 2.75) is 51.3 Å². The Morgan fingerprint density at radius 1 is 1.39 bits per heavy atom. The molecule has 0 spiro atoms. The Morgan fingerprint density at radius 3 is 2.75 bits per heavy atom. The van der Waals surface area contributed by atoms with Gasteiger partial charge in [0.25, 0.3) is 0 Å². The van der Waals surface area contributed by atoms with Crippen molar-refractivity contribution < 1.29 is 8.60 Å². The van der Waals surface area contributed by atoms with Crippen LogP contribution >= 0.6 is 24.0 Å². The lowest BCUT2D eigenvalue weighted by Crippen LogP contribution is -2.52. The van der Waals surface area contributed by atoms with E-state index >= 15 is 0 Å². The summed E-state index contributed by atoms with van der Waals surface area (Å²) in [7, 11) is 0.840. The minimum atomic E-state index is -0.893. The van der Waals surface area contributed by atoms with Crippen molar-refractivity contribution in [3.05, 3.63) is 29.6 Å². The normalized spacial score (nSPS) is 19.0. The molecule has 2 rings (SSSR count). The summed E-state index contributed by atoms with van der Waals surface area (Å²) in [5.74, 6) is 1.11. The molecule has 28 heavy (non-hydrogen) atoms. The zero-order chi connectivity index (χ0) is 20.0. The number of anilines is 1. The first-order chi connectivity index (χ1) is 12.7. The summed E-state index contributed by atoms with van der Waals surface area (Å²) in [6.07, 6.45) is 2.01. The van der Waals surface area contributed by atoms with Gasteiger partial charge in [0.05, 0.1) is 5.69 Å². The number of rotatable bonds is 5. The van der Waals surface area contributed by atoms with Crippen molar-refractivity contribution in [2.75, 3.05) is 37.3 Å². The van der Waals surface area contributed by atoms with Crippen molar-refractivity contribution in [1.29, 1.82) is 0 Å². The van der Waals surface area contributed by atoms with E-state index < -0.39 is 10.8 Å². The highest BCUT2D eigenvalue weighted by Crippen LogP contribution is 2.24. The van der Waals surface area contributed by atoms with Crippen LogP contribution in [0, 0.1) is 12.7 Å². The minimum Gasteiger partial charge on any atom is -0.367 e. The van der Waals surface area contributed by atoms with E-state index in [0.717, 1.165) is 31.5 Å². The third-order valence-corrected chi connectivity index (χ3v) is 6.63. The van der Waals surface area contributed by atoms with Crippen LogP contribution in [0.3, 0.4) is 0 Å².